The van der Waals surface area contributed by atoms with Crippen LogP contribution >= 0.6 is 12.2 Å². The third-order valence-corrected chi connectivity index (χ3v) is 2.39. The average Bonchev–Trinajstić information content (AvgIpc) is 2.32. The highest BCUT2D eigenvalue weighted by atomic mass is 32.1. The fourth-order valence-corrected chi connectivity index (χ4v) is 1.47. The van der Waals surface area contributed by atoms with Crippen LogP contribution in [-0.4, -0.2) is 31.0 Å². The van der Waals surface area contributed by atoms with E-state index in [-0.39, 0.29) is 24.8 Å². The summed E-state index contributed by atoms with van der Waals surface area (Å²) < 4.78 is 45.7. The lowest BCUT2D eigenvalue weighted by Gasteiger charge is -2.11. The Morgan fingerprint density at radius 1 is 1.16 bits per heavy atom. The molecule has 7 heteroatoms. The molecule has 19 heavy (non-hydrogen) atoms. The number of rotatable bonds is 7. The van der Waals surface area contributed by atoms with Crippen LogP contribution in [0.5, 0.6) is 5.75 Å². The first-order valence-electron chi connectivity index (χ1n) is 5.56. The number of hydrogen-bond acceptors (Lipinski definition) is 3. The lowest BCUT2D eigenvalue weighted by Crippen LogP contribution is -2.16. The zero-order valence-corrected chi connectivity index (χ0v) is 10.9. The molecule has 0 aliphatic heterocycles. The Bertz CT molecular complexity index is 424. The van der Waals surface area contributed by atoms with Crippen molar-refractivity contribution < 1.29 is 22.6 Å². The third kappa shape index (κ3) is 6.40. The molecule has 0 spiro atoms. The van der Waals surface area contributed by atoms with E-state index in [1.54, 1.807) is 24.3 Å². The summed E-state index contributed by atoms with van der Waals surface area (Å²) in [5.74, 6) is 0.495. The van der Waals surface area contributed by atoms with E-state index < -0.39 is 12.6 Å². The van der Waals surface area contributed by atoms with Gasteiger partial charge in [0.25, 0.3) is 0 Å². The number of thiocarbonyl (C=S) groups is 1. The molecule has 106 valence electrons. The van der Waals surface area contributed by atoms with Crippen molar-refractivity contribution in [3.63, 3.8) is 0 Å². The maximum absolute atomic E-state index is 11.8. The molecule has 0 aliphatic rings. The van der Waals surface area contributed by atoms with Gasteiger partial charge in [-0.1, -0.05) is 24.4 Å². The van der Waals surface area contributed by atoms with Gasteiger partial charge in [-0.05, 0) is 12.1 Å². The van der Waals surface area contributed by atoms with Gasteiger partial charge in [0.1, 0.15) is 17.3 Å². The molecule has 0 atom stereocenters. The molecule has 3 nitrogen and oxygen atoms in total. The second kappa shape index (κ2) is 7.30. The van der Waals surface area contributed by atoms with Gasteiger partial charge in [-0.3, -0.25) is 0 Å². The number of halogens is 3. The van der Waals surface area contributed by atoms with Crippen LogP contribution in [0.4, 0.5) is 13.2 Å². The van der Waals surface area contributed by atoms with Crippen molar-refractivity contribution in [3.8, 4) is 5.75 Å². The van der Waals surface area contributed by atoms with Gasteiger partial charge in [-0.2, -0.15) is 13.2 Å². The van der Waals surface area contributed by atoms with E-state index in [1.807, 2.05) is 0 Å². The molecule has 0 radical (unpaired) electrons. The van der Waals surface area contributed by atoms with Crippen molar-refractivity contribution in [2.75, 3.05) is 19.8 Å². The molecule has 1 aromatic rings. The normalized spacial score (nSPS) is 11.3. The van der Waals surface area contributed by atoms with Gasteiger partial charge >= 0.3 is 6.18 Å². The highest BCUT2D eigenvalue weighted by Crippen LogP contribution is 2.19. The Morgan fingerprint density at radius 2 is 1.84 bits per heavy atom. The Labute approximate surface area is 114 Å². The van der Waals surface area contributed by atoms with Crippen molar-refractivity contribution >= 4 is 17.2 Å². The summed E-state index contributed by atoms with van der Waals surface area (Å²) in [4.78, 5) is 0.202. The second-order valence-corrected chi connectivity index (χ2v) is 4.13. The third-order valence-electron chi connectivity index (χ3n) is 2.17. The predicted octanol–water partition coefficient (Wildman–Crippen LogP) is 2.67. The van der Waals surface area contributed by atoms with Crippen LogP contribution in [0.3, 0.4) is 0 Å². The highest BCUT2D eigenvalue weighted by Gasteiger charge is 2.26. The second-order valence-electron chi connectivity index (χ2n) is 3.69. The van der Waals surface area contributed by atoms with Crippen molar-refractivity contribution in [1.82, 2.24) is 0 Å². The van der Waals surface area contributed by atoms with E-state index in [9.17, 15) is 13.2 Å². The summed E-state index contributed by atoms with van der Waals surface area (Å²) in [6.07, 6.45) is -5.16. The number of para-hydroxylation sites is 1. The van der Waals surface area contributed by atoms with Crippen molar-refractivity contribution in [3.05, 3.63) is 29.8 Å². The Morgan fingerprint density at radius 3 is 2.47 bits per heavy atom. The quantitative estimate of drug-likeness (QED) is 0.620. The van der Waals surface area contributed by atoms with Crippen molar-refractivity contribution in [2.24, 2.45) is 5.73 Å². The van der Waals surface area contributed by atoms with Crippen LogP contribution in [0.1, 0.15) is 12.0 Å². The summed E-state index contributed by atoms with van der Waals surface area (Å²) in [6, 6.07) is 6.91. The van der Waals surface area contributed by atoms with E-state index >= 15 is 0 Å². The fourth-order valence-electron chi connectivity index (χ4n) is 1.30. The number of ether oxygens (including phenoxy) is 2. The summed E-state index contributed by atoms with van der Waals surface area (Å²) in [5.41, 5.74) is 6.10. The molecule has 0 fully saturated rings. The van der Waals surface area contributed by atoms with Crippen LogP contribution in [0.2, 0.25) is 0 Å². The van der Waals surface area contributed by atoms with Crippen LogP contribution < -0.4 is 10.5 Å². The largest absolute Gasteiger partial charge is 0.490 e. The van der Waals surface area contributed by atoms with E-state index in [1.165, 1.54) is 0 Å². The van der Waals surface area contributed by atoms with Gasteiger partial charge in [0.15, 0.2) is 0 Å². The average molecular weight is 293 g/mol. The minimum absolute atomic E-state index is 0.0712. The van der Waals surface area contributed by atoms with Gasteiger partial charge in [0.2, 0.25) is 0 Å². The molecule has 0 unspecified atom stereocenters. The minimum atomic E-state index is -4.20. The molecule has 0 bridgehead atoms. The van der Waals surface area contributed by atoms with Gasteiger partial charge < -0.3 is 15.2 Å². The minimum Gasteiger partial charge on any atom is -0.490 e. The van der Waals surface area contributed by atoms with Gasteiger partial charge in [-0.15, -0.1) is 0 Å². The highest BCUT2D eigenvalue weighted by molar-refractivity contribution is 7.80. The SMILES string of the molecule is NC(=S)c1ccccc1OCCOCCC(F)(F)F. The predicted molar refractivity (Wildman–Crippen MR) is 69.3 cm³/mol. The van der Waals surface area contributed by atoms with E-state index in [0.717, 1.165) is 0 Å². The Balaban J connectivity index is 2.28. The zero-order valence-electron chi connectivity index (χ0n) is 10.1. The van der Waals surface area contributed by atoms with Crippen LogP contribution in [-0.2, 0) is 4.74 Å². The maximum Gasteiger partial charge on any atom is 0.391 e. The van der Waals surface area contributed by atoms with Crippen LogP contribution in [0.25, 0.3) is 0 Å². The van der Waals surface area contributed by atoms with Gasteiger partial charge in [0, 0.05) is 0 Å². The molecule has 0 saturated carbocycles. The number of hydrogen-bond donors (Lipinski definition) is 1. The number of nitrogens with two attached hydrogens (primary N) is 1. The fraction of sp³-hybridized carbons (Fsp3) is 0.417. The lowest BCUT2D eigenvalue weighted by molar-refractivity contribution is -0.145. The Hall–Kier alpha value is -1.34. The van der Waals surface area contributed by atoms with E-state index in [0.29, 0.717) is 11.3 Å². The summed E-state index contributed by atoms with van der Waals surface area (Å²) in [7, 11) is 0. The summed E-state index contributed by atoms with van der Waals surface area (Å²) >= 11 is 4.85. The van der Waals surface area contributed by atoms with Gasteiger partial charge in [-0.25, -0.2) is 0 Å². The molecule has 1 aromatic carbocycles. The molecule has 0 aliphatic carbocycles. The topological polar surface area (TPSA) is 44.5 Å². The maximum atomic E-state index is 11.8. The molecule has 0 saturated heterocycles. The number of benzene rings is 1. The molecule has 2 N–H and O–H groups in total. The summed E-state index contributed by atoms with van der Waals surface area (Å²) in [5, 5.41) is 0. The molecular formula is C12H14F3NO2S. The first kappa shape index (κ1) is 15.7. The summed E-state index contributed by atoms with van der Waals surface area (Å²) in [6.45, 7) is -0.164. The van der Waals surface area contributed by atoms with Crippen LogP contribution in [0, 0.1) is 0 Å². The molecule has 0 heterocycles. The molecule has 0 amide bonds. The van der Waals surface area contributed by atoms with Crippen molar-refractivity contribution in [1.29, 1.82) is 0 Å². The first-order chi connectivity index (χ1) is 8.90. The standard InChI is InChI=1S/C12H14F3NO2S/c13-12(14,15)5-6-17-7-8-18-10-4-2-1-3-9(10)11(16)19/h1-4H,5-8H2,(H2,16,19). The first-order valence-corrected chi connectivity index (χ1v) is 5.97. The molecular weight excluding hydrogens is 279 g/mol. The van der Waals surface area contributed by atoms with Gasteiger partial charge in [0.05, 0.1) is 25.2 Å². The van der Waals surface area contributed by atoms with E-state index in [2.05, 4.69) is 0 Å². The number of alkyl halides is 3. The monoisotopic (exact) mass is 293 g/mol. The zero-order chi connectivity index (χ0) is 14.3. The molecule has 0 aromatic heterocycles. The van der Waals surface area contributed by atoms with Crippen molar-refractivity contribution in [2.45, 2.75) is 12.6 Å². The van der Waals surface area contributed by atoms with Crippen LogP contribution in [0.15, 0.2) is 24.3 Å². The Kier molecular flexibility index (Phi) is 6.04. The smallest absolute Gasteiger partial charge is 0.391 e. The van der Waals surface area contributed by atoms with E-state index in [4.69, 9.17) is 27.4 Å². The molecule has 1 rings (SSSR count). The lowest BCUT2D eigenvalue weighted by atomic mass is 10.2.